The molecule has 5 N–H and O–H groups in total. The minimum atomic E-state index is -0.122. The second-order valence-electron chi connectivity index (χ2n) is 25.7. The van der Waals surface area contributed by atoms with Crippen molar-refractivity contribution in [1.82, 2.24) is 0 Å². The van der Waals surface area contributed by atoms with Gasteiger partial charge in [0, 0.05) is 28.4 Å². The fraction of sp³-hybridized carbons (Fsp3) is 0.825. The first-order valence-electron chi connectivity index (χ1n) is 26.7. The highest BCUT2D eigenvalue weighted by molar-refractivity contribution is 14.1. The van der Waals surface area contributed by atoms with E-state index < -0.39 is 0 Å². The van der Waals surface area contributed by atoms with Gasteiger partial charge in [0.25, 0.3) is 0 Å². The van der Waals surface area contributed by atoms with Crippen LogP contribution in [0.3, 0.4) is 0 Å². The van der Waals surface area contributed by atoms with Gasteiger partial charge in [-0.15, -0.1) is 0 Å². The van der Waals surface area contributed by atoms with Crippen LogP contribution in [0.2, 0.25) is 0 Å². The molecule has 12 rings (SSSR count). The van der Waals surface area contributed by atoms with Crippen molar-refractivity contribution in [2.75, 3.05) is 0 Å². The second-order valence-corrected chi connectivity index (χ2v) is 26.9. The molecular formula is C57H85IN2O4. The van der Waals surface area contributed by atoms with E-state index in [1.165, 1.54) is 81.9 Å². The summed E-state index contributed by atoms with van der Waals surface area (Å²) in [6.07, 6.45) is 35.8. The normalized spacial score (nSPS) is 52.6. The van der Waals surface area contributed by atoms with E-state index in [0.717, 1.165) is 118 Å². The van der Waals surface area contributed by atoms with Crippen molar-refractivity contribution in [1.29, 1.82) is 0 Å². The van der Waals surface area contributed by atoms with Gasteiger partial charge in [0.05, 0.1) is 18.3 Å². The first-order valence-corrected chi connectivity index (χ1v) is 27.8. The third-order valence-electron chi connectivity index (χ3n) is 23.3. The number of allylic oxidation sites excluding steroid dienone is 5. The summed E-state index contributed by atoms with van der Waals surface area (Å²) in [4.78, 5) is 12.4. The standard InChI is InChI=1S/C19H27IO.C19H30N2O.C19H28O2/c1-18-9-7-13(21)11-12(18)3-4-14-15-5-6-17(20)19(15,2)10-8-16(14)18;1-18-9-7-13(22)11-12(18)3-4-14-15-5-6-17(21-20)19(15,2)10-8-16(14)18;1-18-9-7-13(20)11-12(18)3-4-14-15-5-6-17(21)19(15,2)10-8-16(14)18/h3,6,13-16,21H,4-5,7-11H2,1-2H3;3,13-16,22H,4-11,20H2,1-2H3;3,13-16,20H,4-11H2,1-2H3/b;21-17+;/t3*13-,14-,15-,16-,18-,19-/m000/s1. The average molecular weight is 989 g/mol. The first kappa shape index (κ1) is 46.4. The molecule has 0 aromatic rings. The van der Waals surface area contributed by atoms with Crippen LogP contribution in [-0.4, -0.2) is 45.1 Å². The van der Waals surface area contributed by atoms with E-state index in [9.17, 15) is 20.1 Å². The Morgan fingerprint density at radius 1 is 0.484 bits per heavy atom. The fourth-order valence-corrected chi connectivity index (χ4v) is 20.1. The summed E-state index contributed by atoms with van der Waals surface area (Å²) in [5.74, 6) is 13.2. The van der Waals surface area contributed by atoms with E-state index in [1.807, 2.05) is 0 Å². The minimum absolute atomic E-state index is 0.0168. The molecular weight excluding hydrogens is 904 g/mol. The summed E-state index contributed by atoms with van der Waals surface area (Å²) in [5, 5.41) is 34.2. The molecule has 0 heterocycles. The minimum Gasteiger partial charge on any atom is -0.393 e. The number of fused-ring (bicyclic) bond motifs is 15. The molecule has 0 amide bonds. The lowest BCUT2D eigenvalue weighted by Crippen LogP contribution is -2.50. The molecule has 64 heavy (non-hydrogen) atoms. The third kappa shape index (κ3) is 7.09. The number of halogens is 1. The van der Waals surface area contributed by atoms with Crippen LogP contribution >= 0.6 is 22.6 Å². The van der Waals surface area contributed by atoms with Gasteiger partial charge in [-0.2, -0.15) is 5.10 Å². The van der Waals surface area contributed by atoms with E-state index in [1.54, 1.807) is 14.7 Å². The number of carbonyl (C=O) groups is 1. The number of nitrogens with two attached hydrogens (primary N) is 1. The van der Waals surface area contributed by atoms with Crippen LogP contribution in [0.5, 0.6) is 0 Å². The van der Waals surface area contributed by atoms with Crippen molar-refractivity contribution in [3.8, 4) is 0 Å². The number of aliphatic hydroxyl groups excluding tert-OH is 3. The van der Waals surface area contributed by atoms with Crippen molar-refractivity contribution in [3.63, 3.8) is 0 Å². The average Bonchev–Trinajstić information content (AvgIpc) is 3.90. The zero-order chi connectivity index (χ0) is 45.2. The molecule has 0 aliphatic heterocycles. The molecule has 8 saturated carbocycles. The number of nitrogens with zero attached hydrogens (tertiary/aromatic N) is 1. The number of aliphatic hydroxyl groups is 3. The number of rotatable bonds is 0. The Bertz CT molecular complexity index is 2020. The Labute approximate surface area is 400 Å². The van der Waals surface area contributed by atoms with Gasteiger partial charge in [0.2, 0.25) is 0 Å². The van der Waals surface area contributed by atoms with Gasteiger partial charge in [-0.05, 0) is 237 Å². The van der Waals surface area contributed by atoms with Crippen LogP contribution in [0.4, 0.5) is 0 Å². The molecule has 0 aromatic carbocycles. The lowest BCUT2D eigenvalue weighted by Gasteiger charge is -2.57. The van der Waals surface area contributed by atoms with Gasteiger partial charge in [0.1, 0.15) is 5.78 Å². The molecule has 18 atom stereocenters. The summed E-state index contributed by atoms with van der Waals surface area (Å²) >= 11 is 2.60. The number of Topliss-reactive ketones (excluding diaryl/α,β-unsaturated/α-hetero) is 1. The predicted octanol–water partition coefficient (Wildman–Crippen LogP) is 12.7. The van der Waals surface area contributed by atoms with Crippen LogP contribution in [-0.2, 0) is 4.79 Å². The third-order valence-corrected chi connectivity index (χ3v) is 25.0. The topological polar surface area (TPSA) is 116 Å². The zero-order valence-corrected chi connectivity index (χ0v) is 42.8. The van der Waals surface area contributed by atoms with Gasteiger partial charge >= 0.3 is 0 Å². The highest BCUT2D eigenvalue weighted by Crippen LogP contribution is 2.68. The Morgan fingerprint density at radius 2 is 0.859 bits per heavy atom. The van der Waals surface area contributed by atoms with E-state index >= 15 is 0 Å². The largest absolute Gasteiger partial charge is 0.393 e. The lowest BCUT2D eigenvalue weighted by atomic mass is 9.48. The summed E-state index contributed by atoms with van der Waals surface area (Å²) in [6, 6.07) is 0. The molecule has 354 valence electrons. The van der Waals surface area contributed by atoms with Gasteiger partial charge in [0.15, 0.2) is 0 Å². The molecule has 7 heteroatoms. The molecule has 0 bridgehead atoms. The Balaban J connectivity index is 0.000000114. The van der Waals surface area contributed by atoms with Crippen LogP contribution < -0.4 is 5.84 Å². The predicted molar refractivity (Wildman–Crippen MR) is 267 cm³/mol. The first-order chi connectivity index (χ1) is 30.4. The number of hydrazone groups is 1. The fourth-order valence-electron chi connectivity index (χ4n) is 19.2. The monoisotopic (exact) mass is 989 g/mol. The summed E-state index contributed by atoms with van der Waals surface area (Å²) in [7, 11) is 0. The highest BCUT2D eigenvalue weighted by atomic mass is 127. The molecule has 0 aromatic heterocycles. The van der Waals surface area contributed by atoms with E-state index in [0.29, 0.717) is 39.3 Å². The zero-order valence-electron chi connectivity index (χ0n) is 40.7. The molecule has 12 aliphatic rings. The molecule has 0 radical (unpaired) electrons. The van der Waals surface area contributed by atoms with Crippen molar-refractivity contribution in [2.45, 2.75) is 208 Å². The SMILES string of the molecule is C[C@]12CC[C@H](O)CC1=CC[C@@H]1[C@@H]2CC[C@]2(C)/C(=N/N)CC[C@@H]12.C[C@]12CC[C@H](O)CC1=CC[C@@H]1[C@@H]2CC[C@]2(C)C(=O)CC[C@@H]12.C[C@]12CC[C@H](O)CC1=CC[C@@H]1[C@@H]2CC[C@]2(C)C(I)=CC[C@@H]12. The van der Waals surface area contributed by atoms with Crippen molar-refractivity contribution in [3.05, 3.63) is 44.6 Å². The highest BCUT2D eigenvalue weighted by Gasteiger charge is 2.61. The summed E-state index contributed by atoms with van der Waals surface area (Å²) in [5.41, 5.74) is 7.68. The lowest BCUT2D eigenvalue weighted by molar-refractivity contribution is -0.132. The Morgan fingerprint density at radius 3 is 1.33 bits per heavy atom. The van der Waals surface area contributed by atoms with E-state index in [2.05, 4.69) is 93.5 Å². The molecule has 6 nitrogen and oxygen atoms in total. The van der Waals surface area contributed by atoms with Gasteiger partial charge in [-0.3, -0.25) is 4.79 Å². The van der Waals surface area contributed by atoms with Gasteiger partial charge in [-0.1, -0.05) is 82.6 Å². The maximum absolute atomic E-state index is 12.4. The Kier molecular flexibility index (Phi) is 12.1. The smallest absolute Gasteiger partial charge is 0.139 e. The van der Waals surface area contributed by atoms with Crippen LogP contribution in [0.1, 0.15) is 189 Å². The van der Waals surface area contributed by atoms with Crippen LogP contribution in [0.25, 0.3) is 0 Å². The van der Waals surface area contributed by atoms with Crippen molar-refractivity contribution in [2.24, 2.45) is 96.7 Å². The Hall–Kier alpha value is -1.29. The second kappa shape index (κ2) is 16.7. The number of ketones is 1. The molecule has 12 aliphatic carbocycles. The van der Waals surface area contributed by atoms with Crippen molar-refractivity contribution < 1.29 is 20.1 Å². The number of hydrogen-bond acceptors (Lipinski definition) is 6. The number of hydrogen-bond donors (Lipinski definition) is 4. The number of carbonyl (C=O) groups excluding carboxylic acids is 1. The van der Waals surface area contributed by atoms with E-state index in [4.69, 9.17) is 5.84 Å². The molecule has 0 unspecified atom stereocenters. The molecule has 8 fully saturated rings. The van der Waals surface area contributed by atoms with E-state index in [-0.39, 0.29) is 29.1 Å². The van der Waals surface area contributed by atoms with Gasteiger partial charge in [-0.25, -0.2) is 0 Å². The molecule has 0 saturated heterocycles. The summed E-state index contributed by atoms with van der Waals surface area (Å²) in [6.45, 7) is 14.6. The molecule has 0 spiro atoms. The van der Waals surface area contributed by atoms with Crippen LogP contribution in [0.15, 0.2) is 49.7 Å². The van der Waals surface area contributed by atoms with Crippen molar-refractivity contribution >= 4 is 34.1 Å². The quantitative estimate of drug-likeness (QED) is 0.0835. The summed E-state index contributed by atoms with van der Waals surface area (Å²) < 4.78 is 1.63. The van der Waals surface area contributed by atoms with Gasteiger partial charge < -0.3 is 21.2 Å². The maximum Gasteiger partial charge on any atom is 0.139 e. The maximum atomic E-state index is 12.4. The van der Waals surface area contributed by atoms with Crippen LogP contribution in [0, 0.1) is 85.8 Å².